The Hall–Kier alpha value is -3.01. The maximum absolute atomic E-state index is 12.1. The first-order valence-corrected chi connectivity index (χ1v) is 10.5. The molecule has 0 aliphatic rings. The number of rotatable bonds is 9. The first kappa shape index (κ1) is 26.2. The van der Waals surface area contributed by atoms with Gasteiger partial charge in [0.15, 0.2) is 5.96 Å². The smallest absolute Gasteiger partial charge is 0.253 e. The Kier molecular flexibility index (Phi) is 10.8. The number of furan rings is 1. The summed E-state index contributed by atoms with van der Waals surface area (Å²) in [5.74, 6) is 2.45. The van der Waals surface area contributed by atoms with Crippen LogP contribution in [-0.4, -0.2) is 44.5 Å². The van der Waals surface area contributed by atoms with Crippen LogP contribution in [-0.2, 0) is 19.5 Å². The van der Waals surface area contributed by atoms with Gasteiger partial charge >= 0.3 is 0 Å². The topological polar surface area (TPSA) is 79.1 Å². The number of carbonyl (C=O) groups is 1. The number of aliphatic imine (C=N–C) groups is 1. The van der Waals surface area contributed by atoms with Gasteiger partial charge in [0.25, 0.3) is 5.91 Å². The molecule has 1 heterocycles. The maximum Gasteiger partial charge on any atom is 0.253 e. The van der Waals surface area contributed by atoms with E-state index in [1.165, 1.54) is 0 Å². The molecular weight excluding hydrogens is 531 g/mol. The molecule has 0 saturated heterocycles. The number of amides is 1. The number of methoxy groups -OCH3 is 1. The van der Waals surface area contributed by atoms with Crippen LogP contribution in [0.4, 0.5) is 0 Å². The summed E-state index contributed by atoms with van der Waals surface area (Å²) in [7, 11) is 5.15. The second-order valence-electron chi connectivity index (χ2n) is 7.52. The number of hydrogen-bond acceptors (Lipinski definition) is 4. The van der Waals surface area contributed by atoms with Crippen LogP contribution in [0.1, 0.15) is 27.2 Å². The highest BCUT2D eigenvalue weighted by Gasteiger charge is 2.07. The van der Waals surface area contributed by atoms with Crippen LogP contribution in [0.15, 0.2) is 76.3 Å². The van der Waals surface area contributed by atoms with Crippen LogP contribution in [0.2, 0.25) is 0 Å². The van der Waals surface area contributed by atoms with E-state index in [2.05, 4.69) is 10.6 Å². The molecule has 7 nitrogen and oxygen atoms in total. The average molecular weight is 562 g/mol. The molecular formula is C25H31IN4O3. The highest BCUT2D eigenvalue weighted by molar-refractivity contribution is 14.0. The Bertz CT molecular complexity index is 1000. The SMILES string of the molecule is COc1ccc(CN=C(NCCc2ccco2)NCc2ccc(C(=O)N(C)C)cc2)cc1.I. The second kappa shape index (κ2) is 13.5. The molecule has 0 radical (unpaired) electrons. The lowest BCUT2D eigenvalue weighted by Gasteiger charge is -2.14. The van der Waals surface area contributed by atoms with E-state index in [0.717, 1.165) is 29.1 Å². The van der Waals surface area contributed by atoms with Gasteiger partial charge < -0.3 is 24.7 Å². The Morgan fingerprint density at radius 1 is 1.00 bits per heavy atom. The number of hydrogen-bond donors (Lipinski definition) is 2. The predicted molar refractivity (Wildman–Crippen MR) is 141 cm³/mol. The standard InChI is InChI=1S/C25H30N4O3.HI/c1-29(2)24(30)21-10-6-19(7-11-21)17-27-25(26-15-14-23-5-4-16-32-23)28-18-20-8-12-22(31-3)13-9-20;/h4-13,16H,14-15,17-18H2,1-3H3,(H2,26,27,28);1H. The molecule has 1 aromatic heterocycles. The molecule has 0 atom stereocenters. The van der Waals surface area contributed by atoms with Crippen molar-refractivity contribution in [3.05, 3.63) is 89.4 Å². The fourth-order valence-electron chi connectivity index (χ4n) is 3.04. The Balaban J connectivity index is 0.00000385. The lowest BCUT2D eigenvalue weighted by atomic mass is 10.1. The molecule has 3 rings (SSSR count). The van der Waals surface area contributed by atoms with E-state index >= 15 is 0 Å². The van der Waals surface area contributed by atoms with Crippen molar-refractivity contribution in [1.29, 1.82) is 0 Å². The number of nitrogens with zero attached hydrogens (tertiary/aromatic N) is 2. The van der Waals surface area contributed by atoms with Crippen molar-refractivity contribution in [2.45, 2.75) is 19.5 Å². The molecule has 0 bridgehead atoms. The Labute approximate surface area is 212 Å². The summed E-state index contributed by atoms with van der Waals surface area (Å²) in [6, 6.07) is 19.3. The molecule has 3 aromatic rings. The first-order chi connectivity index (χ1) is 15.5. The third kappa shape index (κ3) is 8.45. The minimum Gasteiger partial charge on any atom is -0.497 e. The lowest BCUT2D eigenvalue weighted by Crippen LogP contribution is -2.38. The van der Waals surface area contributed by atoms with E-state index in [1.807, 2.05) is 60.7 Å². The summed E-state index contributed by atoms with van der Waals surface area (Å²) in [5.41, 5.74) is 2.82. The van der Waals surface area contributed by atoms with Crippen LogP contribution >= 0.6 is 24.0 Å². The quantitative estimate of drug-likeness (QED) is 0.234. The van der Waals surface area contributed by atoms with Gasteiger partial charge in [-0.2, -0.15) is 0 Å². The van der Waals surface area contributed by atoms with Gasteiger partial charge in [-0.1, -0.05) is 24.3 Å². The predicted octanol–water partition coefficient (Wildman–Crippen LogP) is 4.09. The van der Waals surface area contributed by atoms with E-state index in [-0.39, 0.29) is 29.9 Å². The fourth-order valence-corrected chi connectivity index (χ4v) is 3.04. The third-order valence-electron chi connectivity index (χ3n) is 4.89. The van der Waals surface area contributed by atoms with E-state index in [0.29, 0.717) is 31.2 Å². The van der Waals surface area contributed by atoms with Gasteiger partial charge in [-0.25, -0.2) is 4.99 Å². The van der Waals surface area contributed by atoms with Crippen LogP contribution in [0.25, 0.3) is 0 Å². The van der Waals surface area contributed by atoms with Gasteiger partial charge in [-0.15, -0.1) is 24.0 Å². The van der Waals surface area contributed by atoms with E-state index < -0.39 is 0 Å². The van der Waals surface area contributed by atoms with Crippen molar-refractivity contribution in [2.75, 3.05) is 27.7 Å². The summed E-state index contributed by atoms with van der Waals surface area (Å²) in [6.07, 6.45) is 2.44. The zero-order valence-electron chi connectivity index (χ0n) is 19.2. The van der Waals surface area contributed by atoms with E-state index in [9.17, 15) is 4.79 Å². The number of ether oxygens (including phenoxy) is 1. The molecule has 8 heteroatoms. The number of halogens is 1. The summed E-state index contributed by atoms with van der Waals surface area (Å²) < 4.78 is 10.6. The van der Waals surface area contributed by atoms with Crippen molar-refractivity contribution >= 4 is 35.8 Å². The van der Waals surface area contributed by atoms with Crippen LogP contribution in [0.5, 0.6) is 5.75 Å². The normalized spacial score (nSPS) is 10.8. The summed E-state index contributed by atoms with van der Waals surface area (Å²) in [5, 5.41) is 6.73. The number of carbonyl (C=O) groups excluding carboxylic acids is 1. The Morgan fingerprint density at radius 3 is 2.30 bits per heavy atom. The molecule has 0 saturated carbocycles. The third-order valence-corrected chi connectivity index (χ3v) is 4.89. The first-order valence-electron chi connectivity index (χ1n) is 10.5. The molecule has 2 N–H and O–H groups in total. The van der Waals surface area contributed by atoms with Gasteiger partial charge in [0.1, 0.15) is 11.5 Å². The number of benzene rings is 2. The average Bonchev–Trinajstić information content (AvgIpc) is 3.34. The summed E-state index contributed by atoms with van der Waals surface area (Å²) in [6.45, 7) is 1.82. The summed E-state index contributed by atoms with van der Waals surface area (Å²) in [4.78, 5) is 18.3. The Morgan fingerprint density at radius 2 is 1.70 bits per heavy atom. The van der Waals surface area contributed by atoms with Gasteiger partial charge in [0, 0.05) is 39.2 Å². The minimum absolute atomic E-state index is 0. The molecule has 2 aromatic carbocycles. The highest BCUT2D eigenvalue weighted by atomic mass is 127. The summed E-state index contributed by atoms with van der Waals surface area (Å²) >= 11 is 0. The largest absolute Gasteiger partial charge is 0.497 e. The van der Waals surface area contributed by atoms with Crippen molar-refractivity contribution in [3.8, 4) is 5.75 Å². The molecule has 0 spiro atoms. The van der Waals surface area contributed by atoms with Gasteiger partial charge in [0.05, 0.1) is 19.9 Å². The van der Waals surface area contributed by atoms with Crippen LogP contribution < -0.4 is 15.4 Å². The van der Waals surface area contributed by atoms with Gasteiger partial charge in [-0.3, -0.25) is 4.79 Å². The zero-order valence-corrected chi connectivity index (χ0v) is 21.5. The van der Waals surface area contributed by atoms with E-state index in [1.54, 1.807) is 32.4 Å². The van der Waals surface area contributed by atoms with E-state index in [4.69, 9.17) is 14.1 Å². The number of nitrogens with one attached hydrogen (secondary N) is 2. The second-order valence-corrected chi connectivity index (χ2v) is 7.52. The molecule has 0 unspecified atom stereocenters. The monoisotopic (exact) mass is 562 g/mol. The molecule has 1 amide bonds. The van der Waals surface area contributed by atoms with Crippen molar-refractivity contribution in [3.63, 3.8) is 0 Å². The molecule has 176 valence electrons. The van der Waals surface area contributed by atoms with Crippen molar-refractivity contribution in [2.24, 2.45) is 4.99 Å². The molecule has 0 fully saturated rings. The minimum atomic E-state index is -0.00848. The number of guanidine groups is 1. The van der Waals surface area contributed by atoms with Crippen LogP contribution in [0.3, 0.4) is 0 Å². The zero-order chi connectivity index (χ0) is 22.8. The van der Waals surface area contributed by atoms with Crippen molar-refractivity contribution < 1.29 is 13.9 Å². The highest BCUT2D eigenvalue weighted by Crippen LogP contribution is 2.12. The van der Waals surface area contributed by atoms with Crippen LogP contribution in [0, 0.1) is 0 Å². The molecule has 33 heavy (non-hydrogen) atoms. The lowest BCUT2D eigenvalue weighted by molar-refractivity contribution is 0.0827. The van der Waals surface area contributed by atoms with Gasteiger partial charge in [0.2, 0.25) is 0 Å². The van der Waals surface area contributed by atoms with Gasteiger partial charge in [-0.05, 0) is 47.5 Å². The fraction of sp³-hybridized carbons (Fsp3) is 0.280. The molecule has 0 aliphatic heterocycles. The van der Waals surface area contributed by atoms with Crippen molar-refractivity contribution in [1.82, 2.24) is 15.5 Å². The maximum atomic E-state index is 12.1. The molecule has 0 aliphatic carbocycles.